The van der Waals surface area contributed by atoms with Gasteiger partial charge in [-0.25, -0.2) is 0 Å². The largest absolute Gasteiger partial charge is 0.356 e. The fourth-order valence-corrected chi connectivity index (χ4v) is 3.96. The van der Waals surface area contributed by atoms with E-state index in [9.17, 15) is 0 Å². The highest BCUT2D eigenvalue weighted by Crippen LogP contribution is 2.47. The van der Waals surface area contributed by atoms with Gasteiger partial charge in [0.25, 0.3) is 0 Å². The molecule has 5 heteroatoms. The lowest BCUT2D eigenvalue weighted by Gasteiger charge is -2.32. The summed E-state index contributed by atoms with van der Waals surface area (Å²) in [5.41, 5.74) is 1.78. The molecule has 0 aromatic heterocycles. The Bertz CT molecular complexity index is 548. The van der Waals surface area contributed by atoms with E-state index in [0.29, 0.717) is 5.41 Å². The molecule has 1 saturated heterocycles. The van der Waals surface area contributed by atoms with Crippen LogP contribution in [0.4, 0.5) is 0 Å². The van der Waals surface area contributed by atoms with E-state index in [-0.39, 0.29) is 24.0 Å². The van der Waals surface area contributed by atoms with Crippen molar-refractivity contribution in [1.82, 2.24) is 15.5 Å². The number of halogens is 1. The zero-order chi connectivity index (χ0) is 17.5. The van der Waals surface area contributed by atoms with Crippen molar-refractivity contribution in [2.24, 2.45) is 10.9 Å². The van der Waals surface area contributed by atoms with E-state index >= 15 is 0 Å². The molecule has 1 aliphatic heterocycles. The predicted molar refractivity (Wildman–Crippen MR) is 122 cm³/mol. The number of aliphatic imine (C=N–C) groups is 1. The Balaban J connectivity index is 0.00000243. The number of hydrogen-bond acceptors (Lipinski definition) is 2. The number of guanidine groups is 1. The second-order valence-corrected chi connectivity index (χ2v) is 7.74. The second-order valence-electron chi connectivity index (χ2n) is 7.74. The fourth-order valence-electron chi connectivity index (χ4n) is 3.96. The summed E-state index contributed by atoms with van der Waals surface area (Å²) in [5.74, 6) is 1.73. The maximum absolute atomic E-state index is 4.43. The molecule has 146 valence electrons. The van der Waals surface area contributed by atoms with Crippen molar-refractivity contribution in [1.29, 1.82) is 0 Å². The molecule has 2 N–H and O–H groups in total. The SMILES string of the molecule is CCCN1CCC(CNC(=NC)NCC2(c3ccccc3)CC2)CC1.I. The van der Waals surface area contributed by atoms with Crippen molar-refractivity contribution in [2.45, 2.75) is 44.4 Å². The molecule has 0 bridgehead atoms. The zero-order valence-corrected chi connectivity index (χ0v) is 18.7. The van der Waals surface area contributed by atoms with E-state index in [4.69, 9.17) is 0 Å². The zero-order valence-electron chi connectivity index (χ0n) is 16.3. The number of hydrogen-bond donors (Lipinski definition) is 2. The first-order valence-corrected chi connectivity index (χ1v) is 9.98. The lowest BCUT2D eigenvalue weighted by atomic mass is 9.96. The molecule has 2 aliphatic rings. The van der Waals surface area contributed by atoms with Gasteiger partial charge in [0, 0.05) is 25.6 Å². The van der Waals surface area contributed by atoms with Gasteiger partial charge >= 0.3 is 0 Å². The third kappa shape index (κ3) is 5.84. The predicted octanol–water partition coefficient (Wildman–Crippen LogP) is 3.62. The van der Waals surface area contributed by atoms with Crippen LogP contribution in [0.25, 0.3) is 0 Å². The second kappa shape index (κ2) is 10.5. The number of nitrogens with zero attached hydrogens (tertiary/aromatic N) is 2. The first-order chi connectivity index (χ1) is 12.3. The smallest absolute Gasteiger partial charge is 0.191 e. The number of benzene rings is 1. The number of nitrogens with one attached hydrogen (secondary N) is 2. The van der Waals surface area contributed by atoms with Crippen LogP contribution in [-0.4, -0.2) is 50.6 Å². The van der Waals surface area contributed by atoms with Crippen molar-refractivity contribution in [3.05, 3.63) is 35.9 Å². The molecule has 3 rings (SSSR count). The van der Waals surface area contributed by atoms with E-state index < -0.39 is 0 Å². The van der Waals surface area contributed by atoms with Gasteiger partial charge in [0.15, 0.2) is 5.96 Å². The van der Waals surface area contributed by atoms with Gasteiger partial charge in [-0.15, -0.1) is 24.0 Å². The molecule has 0 amide bonds. The summed E-state index contributed by atoms with van der Waals surface area (Å²) in [6.07, 6.45) is 6.42. The van der Waals surface area contributed by atoms with E-state index in [1.54, 1.807) is 0 Å². The Morgan fingerprint density at radius 2 is 1.85 bits per heavy atom. The summed E-state index contributed by atoms with van der Waals surface area (Å²) < 4.78 is 0. The van der Waals surface area contributed by atoms with Gasteiger partial charge in [0.2, 0.25) is 0 Å². The van der Waals surface area contributed by atoms with E-state index in [2.05, 4.69) is 57.8 Å². The Morgan fingerprint density at radius 3 is 2.42 bits per heavy atom. The summed E-state index contributed by atoms with van der Waals surface area (Å²) in [7, 11) is 1.88. The molecule has 26 heavy (non-hydrogen) atoms. The van der Waals surface area contributed by atoms with E-state index in [0.717, 1.165) is 25.0 Å². The first-order valence-electron chi connectivity index (χ1n) is 9.98. The van der Waals surface area contributed by atoms with Crippen LogP contribution in [0.15, 0.2) is 35.3 Å². The molecule has 2 fully saturated rings. The fraction of sp³-hybridized carbons (Fsp3) is 0.667. The molecule has 4 nitrogen and oxygen atoms in total. The summed E-state index contributed by atoms with van der Waals surface area (Å²) >= 11 is 0. The summed E-state index contributed by atoms with van der Waals surface area (Å²) in [6, 6.07) is 10.9. The highest BCUT2D eigenvalue weighted by molar-refractivity contribution is 14.0. The van der Waals surface area contributed by atoms with Gasteiger partial charge in [0.05, 0.1) is 0 Å². The van der Waals surface area contributed by atoms with Crippen LogP contribution in [0.1, 0.15) is 44.6 Å². The van der Waals surface area contributed by atoms with Gasteiger partial charge < -0.3 is 15.5 Å². The van der Waals surface area contributed by atoms with Crippen LogP contribution in [0, 0.1) is 5.92 Å². The molecule has 1 heterocycles. The molecule has 0 unspecified atom stereocenters. The molecule has 0 atom stereocenters. The van der Waals surface area contributed by atoms with Gasteiger partial charge in [-0.1, -0.05) is 37.3 Å². The van der Waals surface area contributed by atoms with E-state index in [1.165, 1.54) is 57.3 Å². The summed E-state index contributed by atoms with van der Waals surface area (Å²) in [5, 5.41) is 7.13. The lowest BCUT2D eigenvalue weighted by molar-refractivity contribution is 0.185. The van der Waals surface area contributed by atoms with Crippen molar-refractivity contribution in [2.75, 3.05) is 39.8 Å². The Hall–Kier alpha value is -0.820. The van der Waals surface area contributed by atoms with Gasteiger partial charge in [-0.3, -0.25) is 4.99 Å². The topological polar surface area (TPSA) is 39.7 Å². The highest BCUT2D eigenvalue weighted by atomic mass is 127. The molecule has 1 aromatic carbocycles. The monoisotopic (exact) mass is 470 g/mol. The number of piperidine rings is 1. The van der Waals surface area contributed by atoms with Gasteiger partial charge in [0.1, 0.15) is 0 Å². The summed E-state index contributed by atoms with van der Waals surface area (Å²) in [4.78, 5) is 7.02. The minimum absolute atomic E-state index is 0. The molecule has 0 radical (unpaired) electrons. The van der Waals surface area contributed by atoms with Crippen LogP contribution < -0.4 is 10.6 Å². The third-order valence-corrected chi connectivity index (χ3v) is 5.86. The third-order valence-electron chi connectivity index (χ3n) is 5.86. The quantitative estimate of drug-likeness (QED) is 0.363. The number of likely N-dealkylation sites (tertiary alicyclic amines) is 1. The standard InChI is InChI=1S/C21H34N4.HI/c1-3-13-25-14-9-18(10-15-25)16-23-20(22-2)24-17-21(11-12-21)19-7-5-4-6-8-19;/h4-8,18H,3,9-17H2,1-2H3,(H2,22,23,24);1H. The average Bonchev–Trinajstić information content (AvgIpc) is 3.45. The Morgan fingerprint density at radius 1 is 1.15 bits per heavy atom. The van der Waals surface area contributed by atoms with Crippen LogP contribution in [0.5, 0.6) is 0 Å². The minimum Gasteiger partial charge on any atom is -0.356 e. The van der Waals surface area contributed by atoms with Crippen molar-refractivity contribution in [3.63, 3.8) is 0 Å². The van der Waals surface area contributed by atoms with Crippen molar-refractivity contribution in [3.8, 4) is 0 Å². The first kappa shape index (κ1) is 21.5. The molecule has 1 aromatic rings. The molecule has 1 saturated carbocycles. The van der Waals surface area contributed by atoms with Gasteiger partial charge in [-0.05, 0) is 63.2 Å². The Kier molecular flexibility index (Phi) is 8.67. The normalized spacial score (nSPS) is 20.3. The molecular weight excluding hydrogens is 435 g/mol. The van der Waals surface area contributed by atoms with Crippen molar-refractivity contribution < 1.29 is 0 Å². The van der Waals surface area contributed by atoms with Gasteiger partial charge in [-0.2, -0.15) is 0 Å². The van der Waals surface area contributed by atoms with Crippen LogP contribution >= 0.6 is 24.0 Å². The summed E-state index contributed by atoms with van der Waals surface area (Å²) in [6.45, 7) is 8.05. The molecule has 1 aliphatic carbocycles. The van der Waals surface area contributed by atoms with Crippen molar-refractivity contribution >= 4 is 29.9 Å². The van der Waals surface area contributed by atoms with Crippen LogP contribution in [-0.2, 0) is 5.41 Å². The van der Waals surface area contributed by atoms with E-state index in [1.807, 2.05) is 7.05 Å². The number of rotatable bonds is 7. The molecular formula is C21H35IN4. The maximum Gasteiger partial charge on any atom is 0.191 e. The molecule has 0 spiro atoms. The highest BCUT2D eigenvalue weighted by Gasteiger charge is 2.44. The lowest BCUT2D eigenvalue weighted by Crippen LogP contribution is -2.44. The minimum atomic E-state index is 0. The Labute approximate surface area is 176 Å². The maximum atomic E-state index is 4.43. The van der Waals surface area contributed by atoms with Crippen LogP contribution in [0.2, 0.25) is 0 Å². The average molecular weight is 470 g/mol. The van der Waals surface area contributed by atoms with Crippen LogP contribution in [0.3, 0.4) is 0 Å².